The maximum atomic E-state index is 13.0. The fourth-order valence-corrected chi connectivity index (χ4v) is 1.98. The Morgan fingerprint density at radius 1 is 1.16 bits per heavy atom. The molecule has 3 rings (SSSR count). The standard InChI is InChI=1S/C12H6F2N2O2.C2H5N3O2/c13-12(14)17-10-3-1-2-8(11(10)18-12)9-6-16-5-7(9)4-15;3-1(6)5-2(4)7/h1-3,5-6,16H;(H5,3,4,5,6,7). The number of para-hydroxylation sites is 1. The molecule has 2 heterocycles. The number of nitriles is 1. The summed E-state index contributed by atoms with van der Waals surface area (Å²) >= 11 is 0. The van der Waals surface area contributed by atoms with Crippen LogP contribution in [0.4, 0.5) is 18.4 Å². The molecule has 130 valence electrons. The van der Waals surface area contributed by atoms with E-state index >= 15 is 0 Å². The first-order valence-corrected chi connectivity index (χ1v) is 6.55. The highest BCUT2D eigenvalue weighted by Crippen LogP contribution is 2.47. The quantitative estimate of drug-likeness (QED) is 0.614. The number of nitrogens with one attached hydrogen (secondary N) is 2. The molecule has 0 aliphatic carbocycles. The summed E-state index contributed by atoms with van der Waals surface area (Å²) in [6.45, 7) is 0. The number of nitrogens with zero attached hydrogens (tertiary/aromatic N) is 1. The van der Waals surface area contributed by atoms with E-state index in [1.807, 2.05) is 6.07 Å². The van der Waals surface area contributed by atoms with Crippen molar-refractivity contribution in [2.24, 2.45) is 11.5 Å². The molecule has 11 heteroatoms. The molecule has 1 aliphatic heterocycles. The van der Waals surface area contributed by atoms with Gasteiger partial charge in [-0.15, -0.1) is 8.78 Å². The summed E-state index contributed by atoms with van der Waals surface area (Å²) in [5, 5.41) is 10.5. The van der Waals surface area contributed by atoms with Crippen LogP contribution in [0.5, 0.6) is 11.5 Å². The smallest absolute Gasteiger partial charge is 0.395 e. The first-order valence-electron chi connectivity index (χ1n) is 6.55. The van der Waals surface area contributed by atoms with Gasteiger partial charge in [0.25, 0.3) is 0 Å². The van der Waals surface area contributed by atoms with E-state index in [0.717, 1.165) is 0 Å². The molecule has 2 aromatic rings. The largest absolute Gasteiger partial charge is 0.586 e. The van der Waals surface area contributed by atoms with Gasteiger partial charge in [0.1, 0.15) is 6.07 Å². The predicted molar refractivity (Wildman–Crippen MR) is 79.4 cm³/mol. The van der Waals surface area contributed by atoms with Crippen LogP contribution in [0.2, 0.25) is 0 Å². The number of fused-ring (bicyclic) bond motifs is 1. The van der Waals surface area contributed by atoms with Crippen molar-refractivity contribution < 1.29 is 27.8 Å². The molecule has 9 nitrogen and oxygen atoms in total. The maximum absolute atomic E-state index is 13.0. The molecule has 0 atom stereocenters. The number of imide groups is 1. The lowest BCUT2D eigenvalue weighted by Gasteiger charge is -2.06. The zero-order valence-corrected chi connectivity index (χ0v) is 12.4. The van der Waals surface area contributed by atoms with Crippen LogP contribution in [0.1, 0.15) is 5.56 Å². The van der Waals surface area contributed by atoms with Gasteiger partial charge in [-0.05, 0) is 6.07 Å². The fraction of sp³-hybridized carbons (Fsp3) is 0.0714. The van der Waals surface area contributed by atoms with Crippen molar-refractivity contribution >= 4 is 12.1 Å². The van der Waals surface area contributed by atoms with Crippen molar-refractivity contribution in [2.45, 2.75) is 6.29 Å². The van der Waals surface area contributed by atoms with E-state index in [0.29, 0.717) is 16.7 Å². The number of ether oxygens (including phenoxy) is 2. The van der Waals surface area contributed by atoms with Gasteiger partial charge in [-0.1, -0.05) is 12.1 Å². The van der Waals surface area contributed by atoms with E-state index in [9.17, 15) is 18.4 Å². The lowest BCUT2D eigenvalue weighted by molar-refractivity contribution is -0.286. The van der Waals surface area contributed by atoms with E-state index in [-0.39, 0.29) is 11.5 Å². The van der Waals surface area contributed by atoms with Crippen LogP contribution >= 0.6 is 0 Å². The molecular weight excluding hydrogens is 340 g/mol. The molecule has 0 saturated carbocycles. The van der Waals surface area contributed by atoms with Crippen LogP contribution in [0, 0.1) is 11.3 Å². The summed E-state index contributed by atoms with van der Waals surface area (Å²) in [5.41, 5.74) is 10.1. The van der Waals surface area contributed by atoms with E-state index < -0.39 is 18.4 Å². The molecule has 0 saturated heterocycles. The second-order valence-corrected chi connectivity index (χ2v) is 4.55. The first-order chi connectivity index (χ1) is 11.7. The number of primary amides is 2. The molecular formula is C14H11F2N5O4. The highest BCUT2D eigenvalue weighted by molar-refractivity contribution is 5.91. The van der Waals surface area contributed by atoms with Crippen LogP contribution in [-0.2, 0) is 0 Å². The molecule has 1 aromatic heterocycles. The molecule has 0 fully saturated rings. The number of amides is 4. The van der Waals surface area contributed by atoms with Gasteiger partial charge in [0.2, 0.25) is 0 Å². The fourth-order valence-electron chi connectivity index (χ4n) is 1.98. The number of carbonyl (C=O) groups is 2. The third-order valence-electron chi connectivity index (χ3n) is 2.83. The molecule has 0 radical (unpaired) electrons. The molecule has 1 aliphatic rings. The SMILES string of the molecule is N#Cc1c[nH]cc1-c1cccc2c1OC(F)(F)O2.NC(=O)NC(N)=O. The number of aromatic nitrogens is 1. The summed E-state index contributed by atoms with van der Waals surface area (Å²) in [6, 6.07) is 4.64. The molecule has 1 aromatic carbocycles. The van der Waals surface area contributed by atoms with Crippen LogP contribution in [0.15, 0.2) is 30.6 Å². The number of carbonyl (C=O) groups excluding carboxylic acids is 2. The van der Waals surface area contributed by atoms with Gasteiger partial charge < -0.3 is 25.9 Å². The number of benzene rings is 1. The minimum Gasteiger partial charge on any atom is -0.395 e. The van der Waals surface area contributed by atoms with Crippen molar-refractivity contribution in [1.82, 2.24) is 10.3 Å². The Balaban J connectivity index is 0.000000277. The molecule has 25 heavy (non-hydrogen) atoms. The average molecular weight is 351 g/mol. The lowest BCUT2D eigenvalue weighted by Crippen LogP contribution is -2.38. The molecule has 6 N–H and O–H groups in total. The zero-order chi connectivity index (χ0) is 18.6. The van der Waals surface area contributed by atoms with Gasteiger partial charge in [0, 0.05) is 23.5 Å². The van der Waals surface area contributed by atoms with Gasteiger partial charge in [-0.25, -0.2) is 9.59 Å². The summed E-state index contributed by atoms with van der Waals surface area (Å²) in [5.74, 6) is -0.0961. The lowest BCUT2D eigenvalue weighted by atomic mass is 10.0. The summed E-state index contributed by atoms with van der Waals surface area (Å²) in [7, 11) is 0. The Kier molecular flexibility index (Phi) is 4.74. The number of urea groups is 2. The van der Waals surface area contributed by atoms with Crippen molar-refractivity contribution in [3.8, 4) is 28.7 Å². The van der Waals surface area contributed by atoms with Crippen LogP contribution in [0.25, 0.3) is 11.1 Å². The van der Waals surface area contributed by atoms with Gasteiger partial charge in [0.15, 0.2) is 11.5 Å². The minimum absolute atomic E-state index is 0.0393. The van der Waals surface area contributed by atoms with E-state index in [1.165, 1.54) is 12.3 Å². The first kappa shape index (κ1) is 17.5. The summed E-state index contributed by atoms with van der Waals surface area (Å²) in [6.07, 6.45) is -0.627. The Morgan fingerprint density at radius 3 is 2.40 bits per heavy atom. The van der Waals surface area contributed by atoms with Crippen LogP contribution in [-0.4, -0.2) is 23.3 Å². The third kappa shape index (κ3) is 4.14. The van der Waals surface area contributed by atoms with Gasteiger partial charge in [-0.3, -0.25) is 5.32 Å². The normalized spacial score (nSPS) is 13.2. The monoisotopic (exact) mass is 351 g/mol. The highest BCUT2D eigenvalue weighted by atomic mass is 19.3. The number of aromatic amines is 1. The van der Waals surface area contributed by atoms with Gasteiger partial charge >= 0.3 is 18.4 Å². The number of hydrogen-bond donors (Lipinski definition) is 4. The number of halogens is 2. The molecule has 4 amide bonds. The number of alkyl halides is 2. The van der Waals surface area contributed by atoms with Crippen molar-refractivity contribution in [1.29, 1.82) is 5.26 Å². The molecule has 0 bridgehead atoms. The van der Waals surface area contributed by atoms with Crippen LogP contribution < -0.4 is 26.3 Å². The predicted octanol–water partition coefficient (Wildman–Crippen LogP) is 1.61. The Hall–Kier alpha value is -3.81. The van der Waals surface area contributed by atoms with Gasteiger partial charge in [-0.2, -0.15) is 5.26 Å². The Morgan fingerprint density at radius 2 is 1.84 bits per heavy atom. The van der Waals surface area contributed by atoms with E-state index in [1.54, 1.807) is 23.6 Å². The van der Waals surface area contributed by atoms with Crippen LogP contribution in [0.3, 0.4) is 0 Å². The Bertz CT molecular complexity index is 847. The topological polar surface area (TPSA) is 156 Å². The second-order valence-electron chi connectivity index (χ2n) is 4.55. The van der Waals surface area contributed by atoms with Crippen molar-refractivity contribution in [3.63, 3.8) is 0 Å². The number of nitrogens with two attached hydrogens (primary N) is 2. The zero-order valence-electron chi connectivity index (χ0n) is 12.4. The van der Waals surface area contributed by atoms with Crippen molar-refractivity contribution in [2.75, 3.05) is 0 Å². The number of H-pyrrole nitrogens is 1. The van der Waals surface area contributed by atoms with Crippen molar-refractivity contribution in [3.05, 3.63) is 36.2 Å². The molecule has 0 spiro atoms. The number of rotatable bonds is 1. The highest BCUT2D eigenvalue weighted by Gasteiger charge is 2.44. The third-order valence-corrected chi connectivity index (χ3v) is 2.83. The summed E-state index contributed by atoms with van der Waals surface area (Å²) in [4.78, 5) is 22.0. The summed E-state index contributed by atoms with van der Waals surface area (Å²) < 4.78 is 34.9. The second kappa shape index (κ2) is 6.75. The number of hydrogen-bond acceptors (Lipinski definition) is 5. The maximum Gasteiger partial charge on any atom is 0.586 e. The Labute approximate surface area is 139 Å². The minimum atomic E-state index is -3.67. The van der Waals surface area contributed by atoms with E-state index in [2.05, 4.69) is 25.9 Å². The van der Waals surface area contributed by atoms with Gasteiger partial charge in [0.05, 0.1) is 5.56 Å². The molecule has 0 unspecified atom stereocenters. The average Bonchev–Trinajstić information content (AvgIpc) is 3.07. The van der Waals surface area contributed by atoms with E-state index in [4.69, 9.17) is 5.26 Å².